The van der Waals surface area contributed by atoms with Crippen molar-refractivity contribution >= 4 is 0 Å². The summed E-state index contributed by atoms with van der Waals surface area (Å²) in [6.45, 7) is -0.206. The molecule has 2 aromatic carbocycles. The second kappa shape index (κ2) is 9.24. The lowest BCUT2D eigenvalue weighted by Gasteiger charge is -2.32. The number of rotatable bonds is 5. The van der Waals surface area contributed by atoms with Crippen LogP contribution in [0.3, 0.4) is 0 Å². The number of hydrogen-bond acceptors (Lipinski definition) is 4. The lowest BCUT2D eigenvalue weighted by molar-refractivity contribution is -0.147. The molecule has 0 radical (unpaired) electrons. The molecule has 0 amide bonds. The number of likely N-dealkylation sites (tertiary alicyclic amines) is 1. The highest BCUT2D eigenvalue weighted by molar-refractivity contribution is 5.69. The minimum absolute atomic E-state index is 0.0112. The molecular weight excluding hydrogens is 422 g/mol. The first kappa shape index (κ1) is 22.2. The second-order valence-corrected chi connectivity index (χ2v) is 7.90. The predicted molar refractivity (Wildman–Crippen MR) is 114 cm³/mol. The number of piperidine rings is 1. The van der Waals surface area contributed by atoms with Crippen LogP contribution in [-0.2, 0) is 0 Å². The summed E-state index contributed by atoms with van der Waals surface area (Å²) in [5, 5.41) is 0. The molecule has 0 aliphatic carbocycles. The Hall–Kier alpha value is -3.00. The Balaban J connectivity index is 1.68. The standard InChI is InChI=1S/C24H23F4N3O/c1-32-20-4-2-3-18(13-20)21-14-29-23(17-5-7-19(25)8-6-17)30-22(21)16-9-11-31(12-10-16)15-24(26,27)28/h2-8,13-14,16H,9-12,15H2,1H3. The Morgan fingerprint density at radius 2 is 1.75 bits per heavy atom. The Bertz CT molecular complexity index is 1060. The topological polar surface area (TPSA) is 38.3 Å². The third-order valence-electron chi connectivity index (χ3n) is 5.68. The molecule has 0 saturated carbocycles. The Morgan fingerprint density at radius 3 is 2.41 bits per heavy atom. The van der Waals surface area contributed by atoms with Gasteiger partial charge >= 0.3 is 6.18 Å². The quantitative estimate of drug-likeness (QED) is 0.472. The van der Waals surface area contributed by atoms with E-state index >= 15 is 0 Å². The van der Waals surface area contributed by atoms with Gasteiger partial charge in [0.2, 0.25) is 0 Å². The van der Waals surface area contributed by atoms with Gasteiger partial charge in [0, 0.05) is 23.2 Å². The van der Waals surface area contributed by atoms with E-state index in [9.17, 15) is 17.6 Å². The van der Waals surface area contributed by atoms with Crippen molar-refractivity contribution in [2.45, 2.75) is 24.9 Å². The molecule has 0 atom stereocenters. The van der Waals surface area contributed by atoms with Gasteiger partial charge in [0.25, 0.3) is 0 Å². The molecule has 1 aliphatic rings. The largest absolute Gasteiger partial charge is 0.497 e. The maximum atomic E-state index is 13.3. The summed E-state index contributed by atoms with van der Waals surface area (Å²) < 4.78 is 57.0. The van der Waals surface area contributed by atoms with Crippen LogP contribution in [0, 0.1) is 5.82 Å². The highest BCUT2D eigenvalue weighted by Crippen LogP contribution is 2.36. The lowest BCUT2D eigenvalue weighted by Crippen LogP contribution is -2.39. The molecule has 1 saturated heterocycles. The third-order valence-corrected chi connectivity index (χ3v) is 5.68. The summed E-state index contributed by atoms with van der Waals surface area (Å²) in [5.74, 6) is 0.794. The minimum atomic E-state index is -4.21. The number of nitrogens with zero attached hydrogens (tertiary/aromatic N) is 3. The van der Waals surface area contributed by atoms with Gasteiger partial charge in [-0.3, -0.25) is 4.90 Å². The molecule has 0 unspecified atom stereocenters. The number of hydrogen-bond donors (Lipinski definition) is 0. The van der Waals surface area contributed by atoms with Crippen LogP contribution < -0.4 is 4.74 Å². The van der Waals surface area contributed by atoms with Crippen LogP contribution in [0.25, 0.3) is 22.5 Å². The van der Waals surface area contributed by atoms with E-state index in [-0.39, 0.29) is 11.7 Å². The van der Waals surface area contributed by atoms with E-state index < -0.39 is 12.7 Å². The third kappa shape index (κ3) is 5.24. The first-order valence-electron chi connectivity index (χ1n) is 10.4. The fraction of sp³-hybridized carbons (Fsp3) is 0.333. The molecule has 1 fully saturated rings. The summed E-state index contributed by atoms with van der Waals surface area (Å²) in [5.41, 5.74) is 3.17. The average molecular weight is 445 g/mol. The van der Waals surface area contributed by atoms with Crippen molar-refractivity contribution in [2.75, 3.05) is 26.7 Å². The van der Waals surface area contributed by atoms with Crippen LogP contribution in [0.5, 0.6) is 5.75 Å². The van der Waals surface area contributed by atoms with Crippen LogP contribution >= 0.6 is 0 Å². The number of halogens is 4. The van der Waals surface area contributed by atoms with Gasteiger partial charge in [-0.1, -0.05) is 12.1 Å². The van der Waals surface area contributed by atoms with Crippen molar-refractivity contribution in [3.8, 4) is 28.3 Å². The van der Waals surface area contributed by atoms with Crippen LogP contribution in [-0.4, -0.2) is 47.8 Å². The van der Waals surface area contributed by atoms with E-state index in [1.54, 1.807) is 25.4 Å². The highest BCUT2D eigenvalue weighted by Gasteiger charge is 2.33. The molecular formula is C24H23F4N3O. The smallest absolute Gasteiger partial charge is 0.401 e. The molecule has 0 spiro atoms. The van der Waals surface area contributed by atoms with Crippen molar-refractivity contribution in [3.05, 3.63) is 66.2 Å². The van der Waals surface area contributed by atoms with Crippen molar-refractivity contribution in [1.82, 2.24) is 14.9 Å². The lowest BCUT2D eigenvalue weighted by atomic mass is 9.88. The van der Waals surface area contributed by atoms with Crippen LogP contribution in [0.2, 0.25) is 0 Å². The Labute approximate surface area is 183 Å². The van der Waals surface area contributed by atoms with Crippen molar-refractivity contribution in [1.29, 1.82) is 0 Å². The Kier molecular flexibility index (Phi) is 6.41. The molecule has 0 bridgehead atoms. The normalized spacial score (nSPS) is 15.7. The molecule has 8 heteroatoms. The molecule has 32 heavy (non-hydrogen) atoms. The van der Waals surface area contributed by atoms with E-state index in [0.29, 0.717) is 43.1 Å². The maximum Gasteiger partial charge on any atom is 0.401 e. The van der Waals surface area contributed by atoms with E-state index in [1.807, 2.05) is 24.3 Å². The highest BCUT2D eigenvalue weighted by atomic mass is 19.4. The molecule has 2 heterocycles. The fourth-order valence-corrected chi connectivity index (χ4v) is 4.08. The SMILES string of the molecule is COc1cccc(-c2cnc(-c3ccc(F)cc3)nc2C2CCN(CC(F)(F)F)CC2)c1. The van der Waals surface area contributed by atoms with Gasteiger partial charge in [-0.2, -0.15) is 13.2 Å². The van der Waals surface area contributed by atoms with Gasteiger partial charge in [-0.15, -0.1) is 0 Å². The first-order valence-corrected chi connectivity index (χ1v) is 10.4. The summed E-state index contributed by atoms with van der Waals surface area (Å²) in [6, 6.07) is 13.5. The second-order valence-electron chi connectivity index (χ2n) is 7.90. The van der Waals surface area contributed by atoms with E-state index in [4.69, 9.17) is 9.72 Å². The summed E-state index contributed by atoms with van der Waals surface area (Å²) in [4.78, 5) is 10.7. The number of methoxy groups -OCH3 is 1. The van der Waals surface area contributed by atoms with Crippen LogP contribution in [0.1, 0.15) is 24.5 Å². The molecule has 1 aromatic heterocycles. The number of aromatic nitrogens is 2. The zero-order chi connectivity index (χ0) is 22.7. The van der Waals surface area contributed by atoms with Gasteiger partial charge in [0.05, 0.1) is 19.3 Å². The molecule has 3 aromatic rings. The van der Waals surface area contributed by atoms with Crippen molar-refractivity contribution < 1.29 is 22.3 Å². The first-order chi connectivity index (χ1) is 15.3. The van der Waals surface area contributed by atoms with Gasteiger partial charge in [0.15, 0.2) is 5.82 Å². The molecule has 4 rings (SSSR count). The van der Waals surface area contributed by atoms with Crippen molar-refractivity contribution in [3.63, 3.8) is 0 Å². The van der Waals surface area contributed by atoms with E-state index in [2.05, 4.69) is 4.98 Å². The average Bonchev–Trinajstić information content (AvgIpc) is 2.79. The van der Waals surface area contributed by atoms with Gasteiger partial charge in [0.1, 0.15) is 11.6 Å². The minimum Gasteiger partial charge on any atom is -0.497 e. The van der Waals surface area contributed by atoms with Crippen molar-refractivity contribution in [2.24, 2.45) is 0 Å². The summed E-state index contributed by atoms with van der Waals surface area (Å²) in [7, 11) is 1.59. The predicted octanol–water partition coefficient (Wildman–Crippen LogP) is 5.70. The Morgan fingerprint density at radius 1 is 1.03 bits per heavy atom. The van der Waals surface area contributed by atoms with Gasteiger partial charge in [-0.25, -0.2) is 14.4 Å². The van der Waals surface area contributed by atoms with E-state index in [0.717, 1.165) is 16.8 Å². The number of ether oxygens (including phenoxy) is 1. The van der Waals surface area contributed by atoms with Crippen LogP contribution in [0.15, 0.2) is 54.7 Å². The molecule has 1 aliphatic heterocycles. The summed E-state index contributed by atoms with van der Waals surface area (Å²) in [6.07, 6.45) is -1.35. The molecule has 0 N–H and O–H groups in total. The maximum absolute atomic E-state index is 13.3. The summed E-state index contributed by atoms with van der Waals surface area (Å²) >= 11 is 0. The van der Waals surface area contributed by atoms with Crippen LogP contribution in [0.4, 0.5) is 17.6 Å². The van der Waals surface area contributed by atoms with Gasteiger partial charge < -0.3 is 4.74 Å². The zero-order valence-corrected chi connectivity index (χ0v) is 17.6. The molecule has 168 valence electrons. The van der Waals surface area contributed by atoms with Gasteiger partial charge in [-0.05, 0) is 67.9 Å². The zero-order valence-electron chi connectivity index (χ0n) is 17.6. The number of benzene rings is 2. The van der Waals surface area contributed by atoms with E-state index in [1.165, 1.54) is 17.0 Å². The number of alkyl halides is 3. The molecule has 4 nitrogen and oxygen atoms in total. The fourth-order valence-electron chi connectivity index (χ4n) is 4.08. The monoisotopic (exact) mass is 445 g/mol.